The van der Waals surface area contributed by atoms with Gasteiger partial charge >= 0.3 is 0 Å². The fourth-order valence-corrected chi connectivity index (χ4v) is 2.82. The van der Waals surface area contributed by atoms with Gasteiger partial charge in [-0.15, -0.1) is 10.2 Å². The number of aromatic hydroxyl groups is 1. The number of benzene rings is 2. The molecule has 2 aromatic carbocycles. The van der Waals surface area contributed by atoms with E-state index in [-0.39, 0.29) is 5.75 Å². The summed E-state index contributed by atoms with van der Waals surface area (Å²) in [4.78, 5) is 0. The maximum atomic E-state index is 9.33. The molecule has 0 aliphatic heterocycles. The van der Waals surface area contributed by atoms with Crippen molar-refractivity contribution < 1.29 is 14.3 Å². The number of hydrogen-bond donors (Lipinski definition) is 1. The van der Waals surface area contributed by atoms with Crippen LogP contribution in [0.1, 0.15) is 24.7 Å². The van der Waals surface area contributed by atoms with Crippen molar-refractivity contribution >= 4 is 0 Å². The van der Waals surface area contributed by atoms with Crippen LogP contribution in [0.25, 0.3) is 11.5 Å². The van der Waals surface area contributed by atoms with Gasteiger partial charge in [0.05, 0.1) is 6.61 Å². The Balaban J connectivity index is 1.31. The zero-order valence-corrected chi connectivity index (χ0v) is 13.1. The van der Waals surface area contributed by atoms with Gasteiger partial charge in [0, 0.05) is 11.5 Å². The van der Waals surface area contributed by atoms with Crippen LogP contribution in [-0.2, 0) is 0 Å². The summed E-state index contributed by atoms with van der Waals surface area (Å²) >= 11 is 0. The Hall–Kier alpha value is -2.82. The molecule has 0 spiro atoms. The molecular formula is C19H18N2O3. The Bertz CT molecular complexity index is 799. The summed E-state index contributed by atoms with van der Waals surface area (Å²) in [6.45, 7) is 0.699. The number of phenolic OH excluding ortho intramolecular Hbond substituents is 1. The minimum absolute atomic E-state index is 0.221. The normalized spacial score (nSPS) is 19.2. The molecule has 0 saturated heterocycles. The Morgan fingerprint density at radius 2 is 1.83 bits per heavy atom. The lowest BCUT2D eigenvalue weighted by Crippen LogP contribution is -1.98. The number of phenols is 1. The van der Waals surface area contributed by atoms with Gasteiger partial charge in [-0.25, -0.2) is 0 Å². The van der Waals surface area contributed by atoms with Crippen molar-refractivity contribution in [1.29, 1.82) is 0 Å². The monoisotopic (exact) mass is 322 g/mol. The highest BCUT2D eigenvalue weighted by atomic mass is 16.5. The van der Waals surface area contributed by atoms with E-state index in [2.05, 4.69) is 10.2 Å². The van der Waals surface area contributed by atoms with Crippen LogP contribution in [0.2, 0.25) is 0 Å². The minimum atomic E-state index is 0.221. The summed E-state index contributed by atoms with van der Waals surface area (Å²) < 4.78 is 11.5. The Kier molecular flexibility index (Phi) is 3.91. The molecule has 3 aromatic rings. The van der Waals surface area contributed by atoms with E-state index in [1.165, 1.54) is 0 Å². The average molecular weight is 322 g/mol. The fraction of sp³-hybridized carbons (Fsp3) is 0.263. The van der Waals surface area contributed by atoms with Crippen molar-refractivity contribution in [3.63, 3.8) is 0 Å². The van der Waals surface area contributed by atoms with Crippen LogP contribution in [0.5, 0.6) is 11.5 Å². The molecule has 1 fully saturated rings. The summed E-state index contributed by atoms with van der Waals surface area (Å²) in [7, 11) is 0. The maximum Gasteiger partial charge on any atom is 0.247 e. The third-order valence-corrected chi connectivity index (χ3v) is 4.30. The maximum absolute atomic E-state index is 9.33. The van der Waals surface area contributed by atoms with E-state index >= 15 is 0 Å². The molecule has 4 rings (SSSR count). The topological polar surface area (TPSA) is 68.4 Å². The predicted octanol–water partition coefficient (Wildman–Crippen LogP) is 4.01. The highest BCUT2D eigenvalue weighted by Crippen LogP contribution is 2.49. The van der Waals surface area contributed by atoms with Crippen molar-refractivity contribution in [1.82, 2.24) is 10.2 Å². The van der Waals surface area contributed by atoms with E-state index in [4.69, 9.17) is 9.15 Å². The van der Waals surface area contributed by atoms with Gasteiger partial charge in [0.25, 0.3) is 0 Å². The van der Waals surface area contributed by atoms with Crippen molar-refractivity contribution in [3.8, 4) is 23.0 Å². The van der Waals surface area contributed by atoms with Gasteiger partial charge in [0.15, 0.2) is 0 Å². The molecule has 0 bridgehead atoms. The van der Waals surface area contributed by atoms with Gasteiger partial charge in [-0.05, 0) is 55.2 Å². The number of aromatic nitrogens is 2. The van der Waals surface area contributed by atoms with E-state index < -0.39 is 0 Å². The average Bonchev–Trinajstić information content (AvgIpc) is 3.21. The Labute approximate surface area is 139 Å². The molecule has 1 saturated carbocycles. The van der Waals surface area contributed by atoms with Crippen LogP contribution < -0.4 is 4.74 Å². The van der Waals surface area contributed by atoms with Crippen molar-refractivity contribution in [2.24, 2.45) is 5.92 Å². The molecule has 0 amide bonds. The number of nitrogens with zero attached hydrogens (tertiary/aromatic N) is 2. The van der Waals surface area contributed by atoms with Crippen LogP contribution >= 0.6 is 0 Å². The molecule has 1 aliphatic rings. The van der Waals surface area contributed by atoms with Gasteiger partial charge in [0.2, 0.25) is 11.8 Å². The van der Waals surface area contributed by atoms with E-state index in [0.717, 1.165) is 24.2 Å². The molecule has 5 nitrogen and oxygen atoms in total. The van der Waals surface area contributed by atoms with Crippen LogP contribution in [0.15, 0.2) is 59.0 Å². The number of rotatable bonds is 6. The summed E-state index contributed by atoms with van der Waals surface area (Å²) in [6, 6.07) is 16.6. The first-order chi connectivity index (χ1) is 11.8. The molecule has 24 heavy (non-hydrogen) atoms. The summed E-state index contributed by atoms with van der Waals surface area (Å²) in [6.07, 6.45) is 2.05. The van der Waals surface area contributed by atoms with E-state index in [9.17, 15) is 5.11 Å². The first-order valence-corrected chi connectivity index (χ1v) is 8.10. The van der Waals surface area contributed by atoms with Gasteiger partial charge in [-0.2, -0.15) is 0 Å². The molecule has 5 heteroatoms. The van der Waals surface area contributed by atoms with Gasteiger partial charge in [-0.1, -0.05) is 18.2 Å². The summed E-state index contributed by atoms with van der Waals surface area (Å²) in [5.41, 5.74) is 0.816. The van der Waals surface area contributed by atoms with Crippen LogP contribution in [0.4, 0.5) is 0 Å². The second-order valence-corrected chi connectivity index (χ2v) is 6.04. The fourth-order valence-electron chi connectivity index (χ4n) is 2.82. The molecular weight excluding hydrogens is 304 g/mol. The molecule has 2 unspecified atom stereocenters. The first-order valence-electron chi connectivity index (χ1n) is 8.10. The number of ether oxygens (including phenoxy) is 1. The van der Waals surface area contributed by atoms with Crippen molar-refractivity contribution in [2.75, 3.05) is 6.61 Å². The summed E-state index contributed by atoms with van der Waals surface area (Å²) in [5, 5.41) is 17.6. The largest absolute Gasteiger partial charge is 0.508 e. The Morgan fingerprint density at radius 3 is 2.62 bits per heavy atom. The third kappa shape index (κ3) is 3.25. The van der Waals surface area contributed by atoms with Crippen LogP contribution in [0.3, 0.4) is 0 Å². The van der Waals surface area contributed by atoms with Gasteiger partial charge in [-0.3, -0.25) is 0 Å². The van der Waals surface area contributed by atoms with Crippen LogP contribution in [0, 0.1) is 5.92 Å². The molecule has 1 aromatic heterocycles. The van der Waals surface area contributed by atoms with E-state index in [1.54, 1.807) is 24.3 Å². The lowest BCUT2D eigenvalue weighted by Gasteiger charge is -2.04. The number of hydrogen-bond acceptors (Lipinski definition) is 5. The van der Waals surface area contributed by atoms with Crippen molar-refractivity contribution in [3.05, 3.63) is 60.5 Å². The first kappa shape index (κ1) is 14.8. The number of para-hydroxylation sites is 1. The van der Waals surface area contributed by atoms with E-state index in [1.807, 2.05) is 30.3 Å². The second-order valence-electron chi connectivity index (χ2n) is 6.04. The SMILES string of the molecule is Oc1ccc(-c2nnc(C3CC3CCOc3ccccc3)o2)cc1. The van der Waals surface area contributed by atoms with Gasteiger partial charge < -0.3 is 14.3 Å². The molecule has 122 valence electrons. The zero-order valence-electron chi connectivity index (χ0n) is 13.1. The summed E-state index contributed by atoms with van der Waals surface area (Å²) in [5.74, 6) is 3.20. The third-order valence-electron chi connectivity index (χ3n) is 4.30. The predicted molar refractivity (Wildman–Crippen MR) is 88.8 cm³/mol. The van der Waals surface area contributed by atoms with E-state index in [0.29, 0.717) is 30.2 Å². The quantitative estimate of drug-likeness (QED) is 0.742. The molecule has 2 atom stereocenters. The second kappa shape index (κ2) is 6.35. The van der Waals surface area contributed by atoms with Crippen LogP contribution in [-0.4, -0.2) is 21.9 Å². The lowest BCUT2D eigenvalue weighted by atomic mass is 10.2. The molecule has 0 radical (unpaired) electrons. The van der Waals surface area contributed by atoms with Crippen molar-refractivity contribution in [2.45, 2.75) is 18.8 Å². The minimum Gasteiger partial charge on any atom is -0.508 e. The zero-order chi connectivity index (χ0) is 16.4. The smallest absolute Gasteiger partial charge is 0.247 e. The highest BCUT2D eigenvalue weighted by molar-refractivity contribution is 5.53. The lowest BCUT2D eigenvalue weighted by molar-refractivity contribution is 0.300. The van der Waals surface area contributed by atoms with Gasteiger partial charge in [0.1, 0.15) is 11.5 Å². The molecule has 1 heterocycles. The molecule has 1 N–H and O–H groups in total. The standard InChI is InChI=1S/C19H18N2O3/c22-15-8-6-13(7-9-15)18-20-21-19(24-18)17-12-14(17)10-11-23-16-4-2-1-3-5-16/h1-9,14,17,22H,10-12H2. The highest BCUT2D eigenvalue weighted by Gasteiger charge is 2.42. The Morgan fingerprint density at radius 1 is 1.04 bits per heavy atom. The molecule has 1 aliphatic carbocycles.